The lowest BCUT2D eigenvalue weighted by atomic mass is 10.2. The maximum Gasteiger partial charge on any atom is 0.270 e. The van der Waals surface area contributed by atoms with Crippen molar-refractivity contribution in [3.63, 3.8) is 0 Å². The van der Waals surface area contributed by atoms with Gasteiger partial charge in [0.15, 0.2) is 0 Å². The molecule has 0 heterocycles. The number of halogens is 1. The molecule has 130 valence electrons. The Morgan fingerprint density at radius 1 is 1.16 bits per heavy atom. The minimum atomic E-state index is -0.838. The number of hydrogen-bond donors (Lipinski definition) is 1. The quantitative estimate of drug-likeness (QED) is 0.635. The van der Waals surface area contributed by atoms with Gasteiger partial charge in [0.2, 0.25) is 6.10 Å². The second-order valence-electron chi connectivity index (χ2n) is 5.18. The highest BCUT2D eigenvalue weighted by molar-refractivity contribution is 6.36. The average Bonchev–Trinajstić information content (AvgIpc) is 2.63. The molecule has 0 radical (unpaired) electrons. The summed E-state index contributed by atoms with van der Waals surface area (Å²) in [5, 5.41) is 6.55. The molecule has 0 bridgehead atoms. The molecule has 0 spiro atoms. The highest BCUT2D eigenvalue weighted by atomic mass is 35.5. The maximum absolute atomic E-state index is 12.3. The van der Waals surface area contributed by atoms with Crippen LogP contribution in [0.1, 0.15) is 6.92 Å². The van der Waals surface area contributed by atoms with E-state index in [1.54, 1.807) is 38.2 Å². The molecular weight excluding hydrogens is 342 g/mol. The lowest BCUT2D eigenvalue weighted by molar-refractivity contribution is -0.128. The molecule has 0 saturated heterocycles. The van der Waals surface area contributed by atoms with Crippen molar-refractivity contribution in [3.8, 4) is 0 Å². The van der Waals surface area contributed by atoms with E-state index in [1.165, 1.54) is 4.90 Å². The molecule has 1 N–H and O–H groups in total. The summed E-state index contributed by atoms with van der Waals surface area (Å²) in [7, 11) is 1.64. The smallest absolute Gasteiger partial charge is 0.270 e. The first-order valence-electron chi connectivity index (χ1n) is 7.56. The van der Waals surface area contributed by atoms with Crippen LogP contribution >= 0.6 is 11.6 Å². The second-order valence-corrected chi connectivity index (χ2v) is 5.59. The Morgan fingerprint density at radius 3 is 2.48 bits per heavy atom. The van der Waals surface area contributed by atoms with E-state index in [4.69, 9.17) is 16.4 Å². The molecule has 0 fully saturated rings. The molecule has 2 amide bonds. The SMILES string of the molecule is CC(ON=CC(=O)Nc1ccccc1Cl)C(=O)N(C)c1ccccc1. The van der Waals surface area contributed by atoms with Crippen LogP contribution < -0.4 is 10.2 Å². The lowest BCUT2D eigenvalue weighted by Gasteiger charge is -2.20. The third-order valence-electron chi connectivity index (χ3n) is 3.34. The van der Waals surface area contributed by atoms with Crippen LogP contribution in [0.25, 0.3) is 0 Å². The van der Waals surface area contributed by atoms with Gasteiger partial charge >= 0.3 is 0 Å². The zero-order valence-corrected chi connectivity index (χ0v) is 14.6. The van der Waals surface area contributed by atoms with Gasteiger partial charge in [0.25, 0.3) is 11.8 Å². The summed E-state index contributed by atoms with van der Waals surface area (Å²) in [5.41, 5.74) is 1.21. The molecule has 2 rings (SSSR count). The number of oxime groups is 1. The zero-order valence-electron chi connectivity index (χ0n) is 13.8. The molecule has 7 heteroatoms. The van der Waals surface area contributed by atoms with Gasteiger partial charge in [0, 0.05) is 12.7 Å². The fourth-order valence-corrected chi connectivity index (χ4v) is 2.18. The topological polar surface area (TPSA) is 71.0 Å². The van der Waals surface area contributed by atoms with Crippen LogP contribution in [-0.2, 0) is 14.4 Å². The molecule has 1 atom stereocenters. The Morgan fingerprint density at radius 2 is 1.80 bits per heavy atom. The fourth-order valence-electron chi connectivity index (χ4n) is 1.99. The van der Waals surface area contributed by atoms with Gasteiger partial charge < -0.3 is 15.1 Å². The van der Waals surface area contributed by atoms with Crippen LogP contribution in [0.3, 0.4) is 0 Å². The van der Waals surface area contributed by atoms with E-state index >= 15 is 0 Å². The van der Waals surface area contributed by atoms with E-state index in [0.29, 0.717) is 10.7 Å². The molecule has 6 nitrogen and oxygen atoms in total. The summed E-state index contributed by atoms with van der Waals surface area (Å²) >= 11 is 5.95. The average molecular weight is 360 g/mol. The Bertz CT molecular complexity index is 765. The number of carbonyl (C=O) groups is 2. The summed E-state index contributed by atoms with van der Waals surface area (Å²) in [4.78, 5) is 30.6. The van der Waals surface area contributed by atoms with Crippen LogP contribution in [-0.4, -0.2) is 31.2 Å². The zero-order chi connectivity index (χ0) is 18.2. The molecule has 1 unspecified atom stereocenters. The Labute approximate surface area is 151 Å². The monoisotopic (exact) mass is 359 g/mol. The van der Waals surface area contributed by atoms with Gasteiger partial charge in [0.1, 0.15) is 6.21 Å². The van der Waals surface area contributed by atoms with Crippen molar-refractivity contribution in [2.24, 2.45) is 5.16 Å². The van der Waals surface area contributed by atoms with Crippen molar-refractivity contribution in [3.05, 3.63) is 59.6 Å². The summed E-state index contributed by atoms with van der Waals surface area (Å²) in [5.74, 6) is -0.793. The second kappa shape index (κ2) is 8.84. The number of amides is 2. The molecule has 0 aliphatic rings. The number of likely N-dealkylation sites (N-methyl/N-ethyl adjacent to an activating group) is 1. The van der Waals surface area contributed by atoms with Gasteiger partial charge in [-0.3, -0.25) is 9.59 Å². The molecule has 0 saturated carbocycles. The molecule has 2 aromatic rings. The van der Waals surface area contributed by atoms with Gasteiger partial charge in [0.05, 0.1) is 10.7 Å². The van der Waals surface area contributed by atoms with Crippen molar-refractivity contribution in [1.29, 1.82) is 0 Å². The number of carbonyl (C=O) groups excluding carboxylic acids is 2. The minimum absolute atomic E-state index is 0.283. The Hall–Kier alpha value is -2.86. The predicted molar refractivity (Wildman–Crippen MR) is 99.0 cm³/mol. The summed E-state index contributed by atoms with van der Waals surface area (Å²) in [6.45, 7) is 1.56. The van der Waals surface area contributed by atoms with Gasteiger partial charge in [-0.15, -0.1) is 0 Å². The first-order chi connectivity index (χ1) is 12.0. The first kappa shape index (κ1) is 18.5. The van der Waals surface area contributed by atoms with E-state index in [1.807, 2.05) is 30.3 Å². The number of para-hydroxylation sites is 2. The van der Waals surface area contributed by atoms with Crippen LogP contribution in [0.5, 0.6) is 0 Å². The number of nitrogens with zero attached hydrogens (tertiary/aromatic N) is 2. The van der Waals surface area contributed by atoms with Crippen molar-refractivity contribution >= 4 is 41.0 Å². The number of hydrogen-bond acceptors (Lipinski definition) is 4. The van der Waals surface area contributed by atoms with Crippen LogP contribution in [0.4, 0.5) is 11.4 Å². The number of nitrogens with one attached hydrogen (secondary N) is 1. The maximum atomic E-state index is 12.3. The van der Waals surface area contributed by atoms with E-state index in [-0.39, 0.29) is 5.91 Å². The molecule has 2 aromatic carbocycles. The van der Waals surface area contributed by atoms with Crippen molar-refractivity contribution < 1.29 is 14.4 Å². The Kier molecular flexibility index (Phi) is 6.54. The first-order valence-corrected chi connectivity index (χ1v) is 7.94. The van der Waals surface area contributed by atoms with Gasteiger partial charge in [-0.1, -0.05) is 47.1 Å². The predicted octanol–water partition coefficient (Wildman–Crippen LogP) is 3.33. The highest BCUT2D eigenvalue weighted by Gasteiger charge is 2.20. The van der Waals surface area contributed by atoms with E-state index < -0.39 is 12.0 Å². The van der Waals surface area contributed by atoms with Gasteiger partial charge in [-0.25, -0.2) is 0 Å². The van der Waals surface area contributed by atoms with Crippen molar-refractivity contribution in [2.75, 3.05) is 17.3 Å². The molecule has 0 aliphatic heterocycles. The highest BCUT2D eigenvalue weighted by Crippen LogP contribution is 2.20. The number of anilines is 2. The van der Waals surface area contributed by atoms with Crippen molar-refractivity contribution in [1.82, 2.24) is 0 Å². The van der Waals surface area contributed by atoms with E-state index in [2.05, 4.69) is 10.5 Å². The normalized spacial score (nSPS) is 11.8. The fraction of sp³-hybridized carbons (Fsp3) is 0.167. The van der Waals surface area contributed by atoms with Gasteiger partial charge in [-0.2, -0.15) is 0 Å². The van der Waals surface area contributed by atoms with Crippen LogP contribution in [0.2, 0.25) is 5.02 Å². The molecule has 0 aliphatic carbocycles. The summed E-state index contributed by atoms with van der Waals surface area (Å²) in [6.07, 6.45) is 0.116. The number of rotatable bonds is 6. The van der Waals surface area contributed by atoms with Gasteiger partial charge in [-0.05, 0) is 31.2 Å². The largest absolute Gasteiger partial charge is 0.383 e. The number of benzene rings is 2. The molecular formula is C18H18ClN3O3. The lowest BCUT2D eigenvalue weighted by Crippen LogP contribution is -2.35. The summed E-state index contributed by atoms with van der Waals surface area (Å²) in [6, 6.07) is 16.0. The standard InChI is InChI=1S/C18H18ClN3O3/c1-13(18(24)22(2)14-8-4-3-5-9-14)25-20-12-17(23)21-16-11-7-6-10-15(16)19/h3-13H,1-2H3,(H,21,23). The van der Waals surface area contributed by atoms with E-state index in [0.717, 1.165) is 11.9 Å². The third-order valence-corrected chi connectivity index (χ3v) is 3.67. The molecule has 25 heavy (non-hydrogen) atoms. The van der Waals surface area contributed by atoms with Crippen LogP contribution in [0, 0.1) is 0 Å². The molecule has 0 aromatic heterocycles. The summed E-state index contributed by atoms with van der Waals surface area (Å²) < 4.78 is 0. The van der Waals surface area contributed by atoms with Crippen molar-refractivity contribution in [2.45, 2.75) is 13.0 Å². The third kappa shape index (κ3) is 5.32. The minimum Gasteiger partial charge on any atom is -0.383 e. The van der Waals surface area contributed by atoms with Crippen LogP contribution in [0.15, 0.2) is 59.8 Å². The van der Waals surface area contributed by atoms with E-state index in [9.17, 15) is 9.59 Å². The Balaban J connectivity index is 1.87.